The summed E-state index contributed by atoms with van der Waals surface area (Å²) in [6, 6.07) is 11.0. The number of hydrogen-bond donors (Lipinski definition) is 2. The molecule has 0 aliphatic rings. The molecule has 0 unspecified atom stereocenters. The van der Waals surface area contributed by atoms with Crippen molar-refractivity contribution < 1.29 is 14.6 Å². The van der Waals surface area contributed by atoms with E-state index < -0.39 is 5.82 Å². The molecule has 0 aromatic heterocycles. The summed E-state index contributed by atoms with van der Waals surface area (Å²) in [4.78, 5) is 0. The lowest BCUT2D eigenvalue weighted by Crippen LogP contribution is -1.91. The van der Waals surface area contributed by atoms with E-state index in [9.17, 15) is 4.39 Å². The second-order valence-electron chi connectivity index (χ2n) is 3.48. The molecule has 0 heterocycles. The van der Waals surface area contributed by atoms with Gasteiger partial charge in [-0.3, -0.25) is 0 Å². The first-order valence-electron chi connectivity index (χ1n) is 4.90. The average Bonchev–Trinajstić information content (AvgIpc) is 2.29. The van der Waals surface area contributed by atoms with Crippen molar-refractivity contribution in [1.82, 2.24) is 0 Å². The van der Waals surface area contributed by atoms with Gasteiger partial charge in [-0.1, -0.05) is 24.3 Å². The Morgan fingerprint density at radius 2 is 1.75 bits per heavy atom. The topological polar surface area (TPSA) is 40.5 Å². The lowest BCUT2D eigenvalue weighted by atomic mass is 9.99. The maximum Gasteiger partial charge on any atom is 0.134 e. The fourth-order valence-corrected chi connectivity index (χ4v) is 1.64. The molecule has 16 heavy (non-hydrogen) atoms. The van der Waals surface area contributed by atoms with E-state index in [1.165, 1.54) is 12.1 Å². The molecule has 0 saturated heterocycles. The molecule has 2 N–H and O–H groups in total. The van der Waals surface area contributed by atoms with Gasteiger partial charge in [0.15, 0.2) is 0 Å². The number of phenols is 1. The van der Waals surface area contributed by atoms with Crippen LogP contribution in [-0.2, 0) is 6.61 Å². The molecule has 2 aromatic carbocycles. The number of aliphatic hydroxyl groups excluding tert-OH is 1. The Balaban J connectivity index is 2.58. The van der Waals surface area contributed by atoms with Crippen molar-refractivity contribution in [2.24, 2.45) is 0 Å². The van der Waals surface area contributed by atoms with Crippen LogP contribution < -0.4 is 0 Å². The van der Waals surface area contributed by atoms with Crippen LogP contribution in [0.5, 0.6) is 5.75 Å². The third-order valence-corrected chi connectivity index (χ3v) is 2.43. The van der Waals surface area contributed by atoms with Crippen LogP contribution in [0.1, 0.15) is 5.56 Å². The van der Waals surface area contributed by atoms with Gasteiger partial charge >= 0.3 is 0 Å². The molecule has 0 aliphatic carbocycles. The SMILES string of the molecule is OCc1ccccc1-c1ccc(O)cc1F. The number of aromatic hydroxyl groups is 1. The fraction of sp³-hybridized carbons (Fsp3) is 0.0769. The van der Waals surface area contributed by atoms with E-state index in [-0.39, 0.29) is 12.4 Å². The van der Waals surface area contributed by atoms with Gasteiger partial charge in [-0.2, -0.15) is 0 Å². The first kappa shape index (κ1) is 10.6. The lowest BCUT2D eigenvalue weighted by Gasteiger charge is -2.08. The Labute approximate surface area is 92.6 Å². The van der Waals surface area contributed by atoms with Gasteiger partial charge in [0.2, 0.25) is 0 Å². The average molecular weight is 218 g/mol. The standard InChI is InChI=1S/C13H11FO2/c14-13-7-10(16)5-6-12(13)11-4-2-1-3-9(11)8-15/h1-7,15-16H,8H2. The zero-order chi connectivity index (χ0) is 11.5. The number of phenolic OH excluding ortho intramolecular Hbond substituents is 1. The first-order valence-corrected chi connectivity index (χ1v) is 4.90. The summed E-state index contributed by atoms with van der Waals surface area (Å²) in [7, 11) is 0. The normalized spacial score (nSPS) is 10.4. The van der Waals surface area contributed by atoms with Gasteiger partial charge in [-0.15, -0.1) is 0 Å². The third-order valence-electron chi connectivity index (χ3n) is 2.43. The highest BCUT2D eigenvalue weighted by Crippen LogP contribution is 2.28. The second-order valence-corrected chi connectivity index (χ2v) is 3.48. The van der Waals surface area contributed by atoms with Crippen LogP contribution >= 0.6 is 0 Å². The Morgan fingerprint density at radius 1 is 1.00 bits per heavy atom. The van der Waals surface area contributed by atoms with E-state index in [0.717, 1.165) is 6.07 Å². The second kappa shape index (κ2) is 4.33. The Morgan fingerprint density at radius 3 is 2.44 bits per heavy atom. The highest BCUT2D eigenvalue weighted by molar-refractivity contribution is 5.68. The van der Waals surface area contributed by atoms with Gasteiger partial charge in [0.05, 0.1) is 6.61 Å². The van der Waals surface area contributed by atoms with Crippen LogP contribution in [0.15, 0.2) is 42.5 Å². The number of benzene rings is 2. The minimum Gasteiger partial charge on any atom is -0.508 e. The molecule has 0 atom stereocenters. The van der Waals surface area contributed by atoms with Crippen molar-refractivity contribution in [2.75, 3.05) is 0 Å². The largest absolute Gasteiger partial charge is 0.508 e. The minimum atomic E-state index is -0.499. The van der Waals surface area contributed by atoms with Gasteiger partial charge in [-0.05, 0) is 23.3 Å². The van der Waals surface area contributed by atoms with Crippen molar-refractivity contribution in [3.63, 3.8) is 0 Å². The summed E-state index contributed by atoms with van der Waals surface area (Å²) >= 11 is 0. The molecule has 0 spiro atoms. The predicted molar refractivity (Wildman–Crippen MR) is 59.4 cm³/mol. The van der Waals surface area contributed by atoms with Crippen molar-refractivity contribution in [3.8, 4) is 16.9 Å². The molecular formula is C13H11FO2. The number of rotatable bonds is 2. The Hall–Kier alpha value is -1.87. The fourth-order valence-electron chi connectivity index (χ4n) is 1.64. The van der Waals surface area contributed by atoms with Crippen LogP contribution in [0.3, 0.4) is 0 Å². The quantitative estimate of drug-likeness (QED) is 0.813. The third kappa shape index (κ3) is 1.90. The predicted octanol–water partition coefficient (Wildman–Crippen LogP) is 2.69. The molecule has 0 fully saturated rings. The molecule has 0 saturated carbocycles. The summed E-state index contributed by atoms with van der Waals surface area (Å²) in [6.45, 7) is -0.142. The molecule has 3 heteroatoms. The van der Waals surface area contributed by atoms with Crippen LogP contribution in [0.25, 0.3) is 11.1 Å². The molecule has 82 valence electrons. The van der Waals surface area contributed by atoms with Crippen LogP contribution in [0, 0.1) is 5.82 Å². The van der Waals surface area contributed by atoms with Gasteiger partial charge in [0.25, 0.3) is 0 Å². The highest BCUT2D eigenvalue weighted by Gasteiger charge is 2.09. The maximum absolute atomic E-state index is 13.6. The van der Waals surface area contributed by atoms with E-state index in [4.69, 9.17) is 10.2 Å². The summed E-state index contributed by atoms with van der Waals surface area (Å²) in [5, 5.41) is 18.3. The van der Waals surface area contributed by atoms with Gasteiger partial charge in [0, 0.05) is 11.6 Å². The van der Waals surface area contributed by atoms with E-state index in [1.54, 1.807) is 24.3 Å². The molecule has 0 amide bonds. The van der Waals surface area contributed by atoms with Crippen LogP contribution in [-0.4, -0.2) is 10.2 Å². The van der Waals surface area contributed by atoms with Crippen LogP contribution in [0.2, 0.25) is 0 Å². The summed E-state index contributed by atoms with van der Waals surface area (Å²) < 4.78 is 13.6. The molecule has 2 aromatic rings. The van der Waals surface area contributed by atoms with Crippen molar-refractivity contribution in [2.45, 2.75) is 6.61 Å². The molecule has 2 rings (SSSR count). The molecular weight excluding hydrogens is 207 g/mol. The minimum absolute atomic E-state index is 0.109. The maximum atomic E-state index is 13.6. The Bertz CT molecular complexity index is 509. The van der Waals surface area contributed by atoms with Crippen LogP contribution in [0.4, 0.5) is 4.39 Å². The molecule has 0 aliphatic heterocycles. The summed E-state index contributed by atoms with van der Waals surface area (Å²) in [5.41, 5.74) is 1.68. The van der Waals surface area contributed by atoms with E-state index in [0.29, 0.717) is 16.7 Å². The van der Waals surface area contributed by atoms with Gasteiger partial charge < -0.3 is 10.2 Å². The van der Waals surface area contributed by atoms with E-state index in [1.807, 2.05) is 0 Å². The summed E-state index contributed by atoms with van der Waals surface area (Å²) in [6.07, 6.45) is 0. The van der Waals surface area contributed by atoms with Crippen molar-refractivity contribution in [3.05, 3.63) is 53.8 Å². The van der Waals surface area contributed by atoms with Crippen molar-refractivity contribution in [1.29, 1.82) is 0 Å². The number of halogens is 1. The Kier molecular flexibility index (Phi) is 2.88. The van der Waals surface area contributed by atoms with E-state index in [2.05, 4.69) is 0 Å². The summed E-state index contributed by atoms with van der Waals surface area (Å²) in [5.74, 6) is -0.608. The highest BCUT2D eigenvalue weighted by atomic mass is 19.1. The smallest absolute Gasteiger partial charge is 0.134 e. The first-order chi connectivity index (χ1) is 7.72. The number of hydrogen-bond acceptors (Lipinski definition) is 2. The zero-order valence-electron chi connectivity index (χ0n) is 8.52. The number of aliphatic hydroxyl groups is 1. The zero-order valence-corrected chi connectivity index (χ0v) is 8.52. The monoisotopic (exact) mass is 218 g/mol. The van der Waals surface area contributed by atoms with Gasteiger partial charge in [0.1, 0.15) is 11.6 Å². The van der Waals surface area contributed by atoms with Crippen molar-refractivity contribution >= 4 is 0 Å². The molecule has 0 radical (unpaired) electrons. The lowest BCUT2D eigenvalue weighted by molar-refractivity contribution is 0.282. The van der Waals surface area contributed by atoms with Gasteiger partial charge in [-0.25, -0.2) is 4.39 Å². The molecule has 2 nitrogen and oxygen atoms in total. The van der Waals surface area contributed by atoms with E-state index >= 15 is 0 Å². The molecule has 0 bridgehead atoms.